The normalized spacial score (nSPS) is 10.8. The number of carbonyl (C=O) groups is 2. The lowest BCUT2D eigenvalue weighted by Gasteiger charge is -2.13. The van der Waals surface area contributed by atoms with Crippen molar-refractivity contribution in [3.63, 3.8) is 0 Å². The fourth-order valence-corrected chi connectivity index (χ4v) is 3.62. The molecule has 6 heteroatoms. The Balaban J connectivity index is 1.90. The van der Waals surface area contributed by atoms with Gasteiger partial charge < -0.3 is 10.1 Å². The Hall–Kier alpha value is -2.92. The Bertz CT molecular complexity index is 1110. The summed E-state index contributed by atoms with van der Waals surface area (Å²) in [7, 11) is 0. The number of Topliss-reactive ketones (excluding diaryl/α,β-unsaturated/α-hetero) is 1. The number of carbonyl (C=O) groups excluding carboxylic acids is 2. The molecule has 3 aromatic rings. The SMILES string of the molecule is CCCNC(=O)c1cc2c(Oc3ccc(CC(=O)CCC)c(Cl)c3)ccnc2cc1C. The first-order chi connectivity index (χ1) is 14.9. The van der Waals surface area contributed by atoms with E-state index in [0.717, 1.165) is 34.9 Å². The summed E-state index contributed by atoms with van der Waals surface area (Å²) in [5.41, 5.74) is 2.99. The predicted octanol–water partition coefficient (Wildman–Crippen LogP) is 6.04. The molecule has 0 aliphatic heterocycles. The third-order valence-corrected chi connectivity index (χ3v) is 5.35. The van der Waals surface area contributed by atoms with Gasteiger partial charge in [0.2, 0.25) is 0 Å². The largest absolute Gasteiger partial charge is 0.457 e. The van der Waals surface area contributed by atoms with Crippen LogP contribution in [0, 0.1) is 6.92 Å². The van der Waals surface area contributed by atoms with E-state index in [9.17, 15) is 9.59 Å². The number of fused-ring (bicyclic) bond motifs is 1. The number of benzene rings is 2. The summed E-state index contributed by atoms with van der Waals surface area (Å²) in [5, 5.41) is 4.16. The minimum atomic E-state index is -0.111. The van der Waals surface area contributed by atoms with E-state index < -0.39 is 0 Å². The molecule has 3 rings (SSSR count). The maximum absolute atomic E-state index is 12.5. The van der Waals surface area contributed by atoms with Crippen LogP contribution in [0.2, 0.25) is 5.02 Å². The molecule has 0 radical (unpaired) electrons. The average Bonchev–Trinajstić information content (AvgIpc) is 2.74. The Morgan fingerprint density at radius 3 is 2.61 bits per heavy atom. The Kier molecular flexibility index (Phi) is 7.64. The molecule has 0 atom stereocenters. The number of halogens is 1. The van der Waals surface area contributed by atoms with Crippen LogP contribution in [0.4, 0.5) is 0 Å². The first-order valence-electron chi connectivity index (χ1n) is 10.6. The maximum atomic E-state index is 12.5. The highest BCUT2D eigenvalue weighted by Crippen LogP contribution is 2.32. The molecule has 5 nitrogen and oxygen atoms in total. The quantitative estimate of drug-likeness (QED) is 0.442. The number of ketones is 1. The van der Waals surface area contributed by atoms with Gasteiger partial charge in [-0.2, -0.15) is 0 Å². The van der Waals surface area contributed by atoms with Crippen molar-refractivity contribution in [2.24, 2.45) is 0 Å². The summed E-state index contributed by atoms with van der Waals surface area (Å²) in [5.74, 6) is 1.20. The third kappa shape index (κ3) is 5.61. The fraction of sp³-hybridized carbons (Fsp3) is 0.320. The van der Waals surface area contributed by atoms with E-state index in [1.807, 2.05) is 39.0 Å². The van der Waals surface area contributed by atoms with Gasteiger partial charge in [0.05, 0.1) is 5.52 Å². The van der Waals surface area contributed by atoms with Gasteiger partial charge in [0.25, 0.3) is 5.91 Å². The molecule has 0 spiro atoms. The lowest BCUT2D eigenvalue weighted by atomic mass is 10.0. The maximum Gasteiger partial charge on any atom is 0.251 e. The topological polar surface area (TPSA) is 68.3 Å². The van der Waals surface area contributed by atoms with Crippen molar-refractivity contribution >= 4 is 34.2 Å². The molecule has 0 bridgehead atoms. The van der Waals surface area contributed by atoms with E-state index in [-0.39, 0.29) is 11.7 Å². The molecule has 0 fully saturated rings. The van der Waals surface area contributed by atoms with Crippen LogP contribution < -0.4 is 10.1 Å². The highest BCUT2D eigenvalue weighted by Gasteiger charge is 2.14. The van der Waals surface area contributed by atoms with Crippen LogP contribution in [0.15, 0.2) is 42.6 Å². The first-order valence-corrected chi connectivity index (χ1v) is 11.0. The predicted molar refractivity (Wildman–Crippen MR) is 124 cm³/mol. The summed E-state index contributed by atoms with van der Waals surface area (Å²) in [6, 6.07) is 10.8. The molecule has 1 N–H and O–H groups in total. The molecule has 1 aromatic heterocycles. The molecule has 0 aliphatic rings. The number of amides is 1. The van der Waals surface area contributed by atoms with E-state index in [1.165, 1.54) is 0 Å². The molecular weight excluding hydrogens is 412 g/mol. The van der Waals surface area contributed by atoms with Gasteiger partial charge in [-0.1, -0.05) is 31.5 Å². The number of pyridine rings is 1. The summed E-state index contributed by atoms with van der Waals surface area (Å²) < 4.78 is 6.09. The van der Waals surface area contributed by atoms with Gasteiger partial charge in [-0.15, -0.1) is 0 Å². The van der Waals surface area contributed by atoms with E-state index in [0.29, 0.717) is 41.5 Å². The zero-order valence-corrected chi connectivity index (χ0v) is 18.9. The van der Waals surface area contributed by atoms with Crippen molar-refractivity contribution in [3.05, 3.63) is 64.3 Å². The molecule has 0 saturated heterocycles. The van der Waals surface area contributed by atoms with Crippen LogP contribution in [0.1, 0.15) is 54.6 Å². The molecule has 0 aliphatic carbocycles. The number of nitrogens with zero attached hydrogens (tertiary/aromatic N) is 1. The van der Waals surface area contributed by atoms with Crippen LogP contribution in [0.3, 0.4) is 0 Å². The molecule has 0 saturated carbocycles. The second-order valence-electron chi connectivity index (χ2n) is 7.57. The number of hydrogen-bond acceptors (Lipinski definition) is 4. The number of rotatable bonds is 9. The highest BCUT2D eigenvalue weighted by atomic mass is 35.5. The Morgan fingerprint density at radius 2 is 1.90 bits per heavy atom. The molecule has 31 heavy (non-hydrogen) atoms. The van der Waals surface area contributed by atoms with Crippen LogP contribution in [-0.4, -0.2) is 23.2 Å². The van der Waals surface area contributed by atoms with Gasteiger partial charge in [-0.05, 0) is 61.2 Å². The zero-order chi connectivity index (χ0) is 22.4. The van der Waals surface area contributed by atoms with Crippen LogP contribution in [-0.2, 0) is 11.2 Å². The molecule has 0 unspecified atom stereocenters. The van der Waals surface area contributed by atoms with Gasteiger partial charge in [0, 0.05) is 41.6 Å². The summed E-state index contributed by atoms with van der Waals surface area (Å²) >= 11 is 6.40. The highest BCUT2D eigenvalue weighted by molar-refractivity contribution is 6.31. The number of aromatic nitrogens is 1. The third-order valence-electron chi connectivity index (χ3n) is 5.00. The van der Waals surface area contributed by atoms with E-state index in [2.05, 4.69) is 10.3 Å². The van der Waals surface area contributed by atoms with E-state index in [4.69, 9.17) is 16.3 Å². The van der Waals surface area contributed by atoms with Gasteiger partial charge in [-0.3, -0.25) is 14.6 Å². The molecule has 162 valence electrons. The minimum absolute atomic E-state index is 0.111. The van der Waals surface area contributed by atoms with Gasteiger partial charge in [0.1, 0.15) is 17.3 Å². The standard InChI is InChI=1S/C25H27ClN2O3/c1-4-6-18(29)13-17-7-8-19(14-22(17)26)31-24-9-11-27-23-12-16(3)20(15-21(23)24)25(30)28-10-5-2/h7-9,11-12,14-15H,4-6,10,13H2,1-3H3,(H,28,30). The van der Waals surface area contributed by atoms with Crippen molar-refractivity contribution in [2.45, 2.75) is 46.5 Å². The molecular formula is C25H27ClN2O3. The summed E-state index contributed by atoms with van der Waals surface area (Å²) in [6.45, 7) is 6.52. The number of nitrogens with one attached hydrogen (secondary N) is 1. The van der Waals surface area contributed by atoms with Crippen molar-refractivity contribution in [1.29, 1.82) is 0 Å². The number of hydrogen-bond donors (Lipinski definition) is 1. The molecule has 1 amide bonds. The van der Waals surface area contributed by atoms with Crippen molar-refractivity contribution in [2.75, 3.05) is 6.54 Å². The van der Waals surface area contributed by atoms with E-state index in [1.54, 1.807) is 24.4 Å². The second kappa shape index (κ2) is 10.4. The van der Waals surface area contributed by atoms with Gasteiger partial charge >= 0.3 is 0 Å². The van der Waals surface area contributed by atoms with Crippen molar-refractivity contribution in [3.8, 4) is 11.5 Å². The monoisotopic (exact) mass is 438 g/mol. The zero-order valence-electron chi connectivity index (χ0n) is 18.1. The minimum Gasteiger partial charge on any atom is -0.457 e. The van der Waals surface area contributed by atoms with Crippen molar-refractivity contribution in [1.82, 2.24) is 10.3 Å². The number of aryl methyl sites for hydroxylation is 1. The number of ether oxygens (including phenoxy) is 1. The Morgan fingerprint density at radius 1 is 1.10 bits per heavy atom. The fourth-order valence-electron chi connectivity index (χ4n) is 3.38. The van der Waals surface area contributed by atoms with E-state index >= 15 is 0 Å². The lowest BCUT2D eigenvalue weighted by Crippen LogP contribution is -2.24. The smallest absolute Gasteiger partial charge is 0.251 e. The molecule has 1 heterocycles. The average molecular weight is 439 g/mol. The summed E-state index contributed by atoms with van der Waals surface area (Å²) in [4.78, 5) is 28.9. The second-order valence-corrected chi connectivity index (χ2v) is 7.98. The van der Waals surface area contributed by atoms with Crippen LogP contribution in [0.5, 0.6) is 11.5 Å². The van der Waals surface area contributed by atoms with Gasteiger partial charge in [-0.25, -0.2) is 0 Å². The first kappa shape index (κ1) is 22.8. The lowest BCUT2D eigenvalue weighted by molar-refractivity contribution is -0.118. The van der Waals surface area contributed by atoms with Crippen LogP contribution >= 0.6 is 11.6 Å². The Labute approximate surface area is 187 Å². The van der Waals surface area contributed by atoms with Gasteiger partial charge in [0.15, 0.2) is 0 Å². The summed E-state index contributed by atoms with van der Waals surface area (Å²) in [6.07, 6.45) is 4.24. The molecule has 2 aromatic carbocycles. The van der Waals surface area contributed by atoms with Crippen LogP contribution in [0.25, 0.3) is 10.9 Å². The van der Waals surface area contributed by atoms with Crippen molar-refractivity contribution < 1.29 is 14.3 Å².